The van der Waals surface area contributed by atoms with Crippen LogP contribution in [-0.4, -0.2) is 25.6 Å². The summed E-state index contributed by atoms with van der Waals surface area (Å²) in [5, 5.41) is 2.66. The summed E-state index contributed by atoms with van der Waals surface area (Å²) in [6, 6.07) is 10.4. The van der Waals surface area contributed by atoms with E-state index in [1.54, 1.807) is 24.3 Å². The summed E-state index contributed by atoms with van der Waals surface area (Å²) in [5.74, 6) is -0.250. The highest BCUT2D eigenvalue weighted by Crippen LogP contribution is 2.26. The first-order valence-corrected chi connectivity index (χ1v) is 8.08. The van der Waals surface area contributed by atoms with Crippen molar-refractivity contribution >= 4 is 33.5 Å². The van der Waals surface area contributed by atoms with Crippen molar-refractivity contribution in [3.63, 3.8) is 0 Å². The van der Waals surface area contributed by atoms with Gasteiger partial charge in [-0.15, -0.1) is 0 Å². The molecule has 0 bridgehead atoms. The van der Waals surface area contributed by atoms with Gasteiger partial charge in [0.1, 0.15) is 5.75 Å². The van der Waals surface area contributed by atoms with Crippen molar-refractivity contribution in [2.24, 2.45) is 0 Å². The predicted molar refractivity (Wildman–Crippen MR) is 95.5 cm³/mol. The van der Waals surface area contributed by atoms with Crippen molar-refractivity contribution in [1.82, 2.24) is 0 Å². The van der Waals surface area contributed by atoms with Gasteiger partial charge in [0.2, 0.25) is 0 Å². The normalized spacial score (nSPS) is 10.2. The molecule has 1 N–H and O–H groups in total. The number of para-hydroxylation sites is 1. The third-order valence-corrected chi connectivity index (χ3v) is 4.64. The second-order valence-electron chi connectivity index (χ2n) is 5.25. The molecule has 5 nitrogen and oxygen atoms in total. The number of aryl methyl sites for hydroxylation is 2. The number of carbonyl (C=O) groups is 2. The van der Waals surface area contributed by atoms with E-state index in [0.717, 1.165) is 15.6 Å². The Morgan fingerprint density at radius 2 is 1.75 bits per heavy atom. The van der Waals surface area contributed by atoms with E-state index in [-0.39, 0.29) is 12.5 Å². The van der Waals surface area contributed by atoms with Crippen molar-refractivity contribution in [3.05, 3.63) is 57.6 Å². The number of hydrogen-bond acceptors (Lipinski definition) is 4. The van der Waals surface area contributed by atoms with E-state index in [0.29, 0.717) is 17.0 Å². The molecular formula is C18H18BrNO4. The number of hydrogen-bond donors (Lipinski definition) is 1. The highest BCUT2D eigenvalue weighted by atomic mass is 79.9. The molecule has 0 radical (unpaired) electrons. The number of benzene rings is 2. The molecule has 0 saturated heterocycles. The lowest BCUT2D eigenvalue weighted by Crippen LogP contribution is -2.21. The van der Waals surface area contributed by atoms with Crippen molar-refractivity contribution in [2.75, 3.05) is 19.0 Å². The van der Waals surface area contributed by atoms with E-state index in [1.165, 1.54) is 7.11 Å². The van der Waals surface area contributed by atoms with Gasteiger partial charge in [-0.1, -0.05) is 28.1 Å². The third-order valence-electron chi connectivity index (χ3n) is 3.39. The van der Waals surface area contributed by atoms with E-state index >= 15 is 0 Å². The van der Waals surface area contributed by atoms with Gasteiger partial charge in [0.05, 0.1) is 18.4 Å². The number of rotatable bonds is 5. The van der Waals surface area contributed by atoms with Crippen molar-refractivity contribution in [3.8, 4) is 5.75 Å². The maximum Gasteiger partial charge on any atom is 0.339 e. The first-order valence-electron chi connectivity index (χ1n) is 7.29. The lowest BCUT2D eigenvalue weighted by molar-refractivity contribution is -0.118. The highest BCUT2D eigenvalue weighted by Gasteiger charge is 2.13. The molecular weight excluding hydrogens is 374 g/mol. The van der Waals surface area contributed by atoms with Crippen LogP contribution in [0.1, 0.15) is 21.5 Å². The van der Waals surface area contributed by atoms with E-state index in [1.807, 2.05) is 26.0 Å². The van der Waals surface area contributed by atoms with Crippen LogP contribution in [0.2, 0.25) is 0 Å². The zero-order valence-corrected chi connectivity index (χ0v) is 15.3. The number of halogens is 1. The molecule has 0 fully saturated rings. The van der Waals surface area contributed by atoms with Gasteiger partial charge < -0.3 is 14.8 Å². The lowest BCUT2D eigenvalue weighted by atomic mass is 10.1. The molecule has 0 aliphatic rings. The Morgan fingerprint density at radius 3 is 2.38 bits per heavy atom. The number of esters is 1. The maximum absolute atomic E-state index is 12.1. The van der Waals surface area contributed by atoms with Crippen molar-refractivity contribution < 1.29 is 19.1 Å². The number of methoxy groups -OCH3 is 1. The highest BCUT2D eigenvalue weighted by molar-refractivity contribution is 9.10. The lowest BCUT2D eigenvalue weighted by Gasteiger charge is -2.12. The molecule has 24 heavy (non-hydrogen) atoms. The molecule has 0 aliphatic carbocycles. The third kappa shape index (κ3) is 4.35. The van der Waals surface area contributed by atoms with Gasteiger partial charge in [-0.05, 0) is 49.2 Å². The second-order valence-corrected chi connectivity index (χ2v) is 6.04. The fourth-order valence-corrected chi connectivity index (χ4v) is 2.43. The summed E-state index contributed by atoms with van der Waals surface area (Å²) < 4.78 is 11.3. The van der Waals surface area contributed by atoms with Crippen LogP contribution in [0.15, 0.2) is 40.9 Å². The molecule has 0 spiro atoms. The van der Waals surface area contributed by atoms with Crippen LogP contribution in [0.3, 0.4) is 0 Å². The van der Waals surface area contributed by atoms with Gasteiger partial charge >= 0.3 is 5.97 Å². The summed E-state index contributed by atoms with van der Waals surface area (Å²) in [7, 11) is 1.29. The van der Waals surface area contributed by atoms with E-state index in [4.69, 9.17) is 9.47 Å². The second kappa shape index (κ2) is 7.97. The van der Waals surface area contributed by atoms with Crippen LogP contribution < -0.4 is 10.1 Å². The molecule has 0 aromatic heterocycles. The topological polar surface area (TPSA) is 64.6 Å². The Kier molecular flexibility index (Phi) is 5.98. The minimum atomic E-state index is -0.508. The van der Waals surface area contributed by atoms with Gasteiger partial charge in [0.15, 0.2) is 6.61 Å². The molecule has 0 aliphatic heterocycles. The van der Waals surface area contributed by atoms with E-state index < -0.39 is 5.97 Å². The first-order chi connectivity index (χ1) is 11.4. The van der Waals surface area contributed by atoms with Gasteiger partial charge in [-0.3, -0.25) is 4.79 Å². The maximum atomic E-state index is 12.1. The molecule has 0 heterocycles. The minimum Gasteiger partial charge on any atom is -0.484 e. The first kappa shape index (κ1) is 18.0. The monoisotopic (exact) mass is 391 g/mol. The Hall–Kier alpha value is -2.34. The zero-order valence-electron chi connectivity index (χ0n) is 13.7. The van der Waals surface area contributed by atoms with Crippen molar-refractivity contribution in [2.45, 2.75) is 13.8 Å². The van der Waals surface area contributed by atoms with Gasteiger partial charge in [-0.25, -0.2) is 4.79 Å². The van der Waals surface area contributed by atoms with Crippen LogP contribution in [0.4, 0.5) is 5.69 Å². The average Bonchev–Trinajstić information content (AvgIpc) is 2.57. The van der Waals surface area contributed by atoms with Crippen LogP contribution >= 0.6 is 15.9 Å². The molecule has 0 atom stereocenters. The smallest absolute Gasteiger partial charge is 0.339 e. The molecule has 2 rings (SSSR count). The molecule has 126 valence electrons. The number of amides is 1. The molecule has 0 unspecified atom stereocenters. The molecule has 1 amide bonds. The quantitative estimate of drug-likeness (QED) is 0.785. The Morgan fingerprint density at radius 1 is 1.12 bits per heavy atom. The summed E-state index contributed by atoms with van der Waals surface area (Å²) in [6.45, 7) is 3.75. The number of carbonyl (C=O) groups excluding carboxylic acids is 2. The van der Waals surface area contributed by atoms with Crippen molar-refractivity contribution in [1.29, 1.82) is 0 Å². The number of ether oxygens (including phenoxy) is 2. The summed E-state index contributed by atoms with van der Waals surface area (Å²) in [4.78, 5) is 23.8. The number of anilines is 1. The zero-order chi connectivity index (χ0) is 17.7. The minimum absolute atomic E-state index is 0.157. The van der Waals surface area contributed by atoms with E-state index in [9.17, 15) is 9.59 Å². The van der Waals surface area contributed by atoms with Crippen LogP contribution in [0, 0.1) is 13.8 Å². The van der Waals surface area contributed by atoms with Gasteiger partial charge in [0.25, 0.3) is 5.91 Å². The predicted octanol–water partition coefficient (Wildman–Crippen LogP) is 3.87. The average molecular weight is 392 g/mol. The Labute approximate surface area is 149 Å². The fraction of sp³-hybridized carbons (Fsp3) is 0.222. The van der Waals surface area contributed by atoms with Gasteiger partial charge in [-0.2, -0.15) is 0 Å². The Bertz CT molecular complexity index is 750. The molecule has 0 saturated carbocycles. The van der Waals surface area contributed by atoms with E-state index in [2.05, 4.69) is 21.2 Å². The molecule has 2 aromatic carbocycles. The summed E-state index contributed by atoms with van der Waals surface area (Å²) in [5.41, 5.74) is 2.74. The summed E-state index contributed by atoms with van der Waals surface area (Å²) >= 11 is 3.49. The molecule has 6 heteroatoms. The standard InChI is InChI=1S/C18H18BrNO4/c1-11-8-13(9-12(2)17(11)19)24-10-16(21)20-15-7-5-4-6-14(15)18(22)23-3/h4-9H,10H2,1-3H3,(H,20,21). The molecule has 2 aromatic rings. The van der Waals surface area contributed by atoms with Crippen LogP contribution in [0.25, 0.3) is 0 Å². The largest absolute Gasteiger partial charge is 0.484 e. The fourth-order valence-electron chi connectivity index (χ4n) is 2.20. The van der Waals surface area contributed by atoms with Crippen LogP contribution in [0.5, 0.6) is 5.75 Å². The Balaban J connectivity index is 2.03. The summed E-state index contributed by atoms with van der Waals surface area (Å²) in [6.07, 6.45) is 0. The SMILES string of the molecule is COC(=O)c1ccccc1NC(=O)COc1cc(C)c(Br)c(C)c1. The van der Waals surface area contributed by atoms with Crippen LogP contribution in [-0.2, 0) is 9.53 Å². The number of nitrogens with one attached hydrogen (secondary N) is 1. The van der Waals surface area contributed by atoms with Gasteiger partial charge in [0, 0.05) is 4.47 Å².